The molecule has 1 fully saturated rings. The van der Waals surface area contributed by atoms with Gasteiger partial charge in [0.1, 0.15) is 5.69 Å². The summed E-state index contributed by atoms with van der Waals surface area (Å²) in [5, 5.41) is 19.3. The van der Waals surface area contributed by atoms with Gasteiger partial charge >= 0.3 is 0 Å². The van der Waals surface area contributed by atoms with Gasteiger partial charge in [-0.25, -0.2) is 13.6 Å². The van der Waals surface area contributed by atoms with Gasteiger partial charge in [0, 0.05) is 18.2 Å². The molecule has 1 aliphatic carbocycles. The highest BCUT2D eigenvalue weighted by Crippen LogP contribution is 2.36. The second kappa shape index (κ2) is 5.58. The van der Waals surface area contributed by atoms with Crippen LogP contribution in [0.15, 0.2) is 23.1 Å². The molecule has 0 saturated heterocycles. The SMILES string of the molecule is NCC1(Nc2ccc(S(N)(=O)=O)cc2[N+](=O)[O-])CCCC1. The van der Waals surface area contributed by atoms with Crippen LogP contribution in [0.4, 0.5) is 11.4 Å². The molecule has 0 aliphatic heterocycles. The van der Waals surface area contributed by atoms with Crippen LogP contribution >= 0.6 is 0 Å². The molecule has 0 spiro atoms. The topological polar surface area (TPSA) is 141 Å². The van der Waals surface area contributed by atoms with Crippen LogP contribution < -0.4 is 16.2 Å². The fraction of sp³-hybridized carbons (Fsp3) is 0.500. The monoisotopic (exact) mass is 314 g/mol. The van der Waals surface area contributed by atoms with Crippen molar-refractivity contribution in [1.82, 2.24) is 0 Å². The molecule has 0 atom stereocenters. The van der Waals surface area contributed by atoms with E-state index in [1.807, 2.05) is 0 Å². The van der Waals surface area contributed by atoms with E-state index in [4.69, 9.17) is 10.9 Å². The highest BCUT2D eigenvalue weighted by molar-refractivity contribution is 7.89. The fourth-order valence-electron chi connectivity index (χ4n) is 2.66. The summed E-state index contributed by atoms with van der Waals surface area (Å²) in [7, 11) is -3.98. The minimum atomic E-state index is -3.98. The molecule has 0 unspecified atom stereocenters. The predicted octanol–water partition coefficient (Wildman–Crippen LogP) is 0.926. The van der Waals surface area contributed by atoms with Gasteiger partial charge in [0.05, 0.1) is 9.82 Å². The van der Waals surface area contributed by atoms with Crippen molar-refractivity contribution in [3.63, 3.8) is 0 Å². The predicted molar refractivity (Wildman–Crippen MR) is 78.3 cm³/mol. The highest BCUT2D eigenvalue weighted by atomic mass is 32.2. The number of nitrogens with two attached hydrogens (primary N) is 2. The first-order valence-electron chi connectivity index (χ1n) is 6.57. The summed E-state index contributed by atoms with van der Waals surface area (Å²) in [5.74, 6) is 0. The van der Waals surface area contributed by atoms with E-state index in [0.29, 0.717) is 6.54 Å². The summed E-state index contributed by atoms with van der Waals surface area (Å²) >= 11 is 0. The highest BCUT2D eigenvalue weighted by Gasteiger charge is 2.34. The van der Waals surface area contributed by atoms with Crippen molar-refractivity contribution in [2.24, 2.45) is 10.9 Å². The van der Waals surface area contributed by atoms with Crippen molar-refractivity contribution in [2.75, 3.05) is 11.9 Å². The maximum absolute atomic E-state index is 11.3. The van der Waals surface area contributed by atoms with Crippen LogP contribution in [0.2, 0.25) is 0 Å². The Kier molecular flexibility index (Phi) is 4.17. The molecule has 116 valence electrons. The maximum atomic E-state index is 11.3. The summed E-state index contributed by atoms with van der Waals surface area (Å²) in [6, 6.07) is 3.59. The fourth-order valence-corrected chi connectivity index (χ4v) is 3.20. The van der Waals surface area contributed by atoms with E-state index >= 15 is 0 Å². The first kappa shape index (κ1) is 15.7. The number of nitrogens with one attached hydrogen (secondary N) is 1. The van der Waals surface area contributed by atoms with Gasteiger partial charge in [-0.1, -0.05) is 12.8 Å². The molecule has 0 aromatic heterocycles. The van der Waals surface area contributed by atoms with Crippen molar-refractivity contribution in [3.05, 3.63) is 28.3 Å². The third kappa shape index (κ3) is 3.31. The van der Waals surface area contributed by atoms with E-state index in [2.05, 4.69) is 5.32 Å². The van der Waals surface area contributed by atoms with Crippen molar-refractivity contribution in [2.45, 2.75) is 36.1 Å². The molecule has 1 aromatic carbocycles. The van der Waals surface area contributed by atoms with E-state index in [9.17, 15) is 18.5 Å². The molecule has 0 heterocycles. The Labute approximate surface area is 122 Å². The summed E-state index contributed by atoms with van der Waals surface area (Å²) in [6.07, 6.45) is 3.68. The van der Waals surface area contributed by atoms with Gasteiger partial charge in [0.2, 0.25) is 10.0 Å². The summed E-state index contributed by atoms with van der Waals surface area (Å²) in [6.45, 7) is 0.362. The number of benzene rings is 1. The van der Waals surface area contributed by atoms with E-state index in [1.165, 1.54) is 12.1 Å². The Morgan fingerprint density at radius 2 is 1.95 bits per heavy atom. The number of anilines is 1. The number of sulfonamides is 1. The number of nitrogens with zero attached hydrogens (tertiary/aromatic N) is 1. The molecule has 0 amide bonds. The zero-order chi connectivity index (χ0) is 15.7. The smallest absolute Gasteiger partial charge is 0.293 e. The summed E-state index contributed by atoms with van der Waals surface area (Å²) in [5.41, 5.74) is 5.37. The van der Waals surface area contributed by atoms with Crippen LogP contribution in [-0.2, 0) is 10.0 Å². The molecule has 21 heavy (non-hydrogen) atoms. The molecule has 2 rings (SSSR count). The third-order valence-corrected chi connectivity index (χ3v) is 4.76. The van der Waals surface area contributed by atoms with Crippen molar-refractivity contribution in [1.29, 1.82) is 0 Å². The Balaban J connectivity index is 2.42. The Morgan fingerprint density at radius 3 is 2.43 bits per heavy atom. The molecular formula is C12H18N4O4S. The molecule has 1 aliphatic rings. The number of hydrogen-bond acceptors (Lipinski definition) is 6. The van der Waals surface area contributed by atoms with E-state index in [-0.39, 0.29) is 21.8 Å². The van der Waals surface area contributed by atoms with Gasteiger partial charge < -0.3 is 11.1 Å². The van der Waals surface area contributed by atoms with Gasteiger partial charge in [-0.05, 0) is 25.0 Å². The lowest BCUT2D eigenvalue weighted by atomic mass is 9.97. The average molecular weight is 314 g/mol. The largest absolute Gasteiger partial charge is 0.373 e. The maximum Gasteiger partial charge on any atom is 0.293 e. The zero-order valence-corrected chi connectivity index (χ0v) is 12.2. The van der Waals surface area contributed by atoms with Crippen molar-refractivity contribution < 1.29 is 13.3 Å². The molecule has 0 bridgehead atoms. The Hall–Kier alpha value is -1.71. The Bertz CT molecular complexity index is 653. The third-order valence-electron chi connectivity index (χ3n) is 3.85. The molecule has 5 N–H and O–H groups in total. The minimum absolute atomic E-state index is 0.264. The van der Waals surface area contributed by atoms with Gasteiger partial charge in [0.15, 0.2) is 0 Å². The second-order valence-electron chi connectivity index (χ2n) is 5.30. The average Bonchev–Trinajstić information content (AvgIpc) is 2.87. The molecule has 1 aromatic rings. The first-order chi connectivity index (χ1) is 9.77. The first-order valence-corrected chi connectivity index (χ1v) is 8.12. The van der Waals surface area contributed by atoms with Gasteiger partial charge in [-0.3, -0.25) is 10.1 Å². The second-order valence-corrected chi connectivity index (χ2v) is 6.86. The zero-order valence-electron chi connectivity index (χ0n) is 11.4. The normalized spacial score (nSPS) is 17.6. The number of primary sulfonamides is 1. The van der Waals surface area contributed by atoms with E-state index in [0.717, 1.165) is 31.7 Å². The van der Waals surface area contributed by atoms with Gasteiger partial charge in [-0.2, -0.15) is 0 Å². The summed E-state index contributed by atoms with van der Waals surface area (Å²) < 4.78 is 22.6. The van der Waals surface area contributed by atoms with E-state index < -0.39 is 14.9 Å². The lowest BCUT2D eigenvalue weighted by Gasteiger charge is -2.29. The molecule has 9 heteroatoms. The quantitative estimate of drug-likeness (QED) is 0.545. The Morgan fingerprint density at radius 1 is 1.33 bits per heavy atom. The van der Waals surface area contributed by atoms with Gasteiger partial charge in [0.25, 0.3) is 5.69 Å². The number of nitro groups is 1. The van der Waals surface area contributed by atoms with Crippen molar-refractivity contribution in [3.8, 4) is 0 Å². The van der Waals surface area contributed by atoms with Crippen LogP contribution in [0.25, 0.3) is 0 Å². The van der Waals surface area contributed by atoms with Crippen LogP contribution in [0.5, 0.6) is 0 Å². The molecular weight excluding hydrogens is 296 g/mol. The lowest BCUT2D eigenvalue weighted by Crippen LogP contribution is -2.42. The van der Waals surface area contributed by atoms with Gasteiger partial charge in [-0.15, -0.1) is 0 Å². The van der Waals surface area contributed by atoms with Crippen LogP contribution in [-0.4, -0.2) is 25.4 Å². The van der Waals surface area contributed by atoms with Crippen LogP contribution in [0.1, 0.15) is 25.7 Å². The minimum Gasteiger partial charge on any atom is -0.373 e. The molecule has 1 saturated carbocycles. The lowest BCUT2D eigenvalue weighted by molar-refractivity contribution is -0.384. The standard InChI is InChI=1S/C12H18N4O4S/c13-8-12(5-1-2-6-12)15-10-4-3-9(21(14,19)20)7-11(10)16(17)18/h3-4,7,15H,1-2,5-6,8,13H2,(H2,14,19,20). The molecule has 8 nitrogen and oxygen atoms in total. The van der Waals surface area contributed by atoms with Crippen LogP contribution in [0, 0.1) is 10.1 Å². The molecule has 0 radical (unpaired) electrons. The van der Waals surface area contributed by atoms with Crippen LogP contribution in [0.3, 0.4) is 0 Å². The van der Waals surface area contributed by atoms with Crippen molar-refractivity contribution >= 4 is 21.4 Å². The number of rotatable bonds is 5. The van der Waals surface area contributed by atoms with E-state index in [1.54, 1.807) is 0 Å². The summed E-state index contributed by atoms with van der Waals surface area (Å²) in [4.78, 5) is 10.3. The number of hydrogen-bond donors (Lipinski definition) is 3. The number of nitro benzene ring substituents is 1.